The number of amides is 2. The van der Waals surface area contributed by atoms with Crippen LogP contribution in [0.4, 0.5) is 0 Å². The number of aryl methyl sites for hydroxylation is 2. The number of ether oxygens (including phenoxy) is 1. The maximum absolute atomic E-state index is 12.2. The zero-order valence-electron chi connectivity index (χ0n) is 11.1. The summed E-state index contributed by atoms with van der Waals surface area (Å²) in [6.45, 7) is -0.466. The lowest BCUT2D eigenvalue weighted by molar-refractivity contribution is -0.157. The first kappa shape index (κ1) is 13.0. The molecule has 0 unspecified atom stereocenters. The van der Waals surface area contributed by atoms with Crippen molar-refractivity contribution in [3.05, 3.63) is 34.9 Å². The minimum absolute atomic E-state index is 0.136. The Labute approximate surface area is 116 Å². The summed E-state index contributed by atoms with van der Waals surface area (Å²) in [5, 5.41) is 0. The minimum atomic E-state index is -0.448. The Morgan fingerprint density at radius 1 is 1.10 bits per heavy atom. The molecule has 20 heavy (non-hydrogen) atoms. The van der Waals surface area contributed by atoms with Gasteiger partial charge in [-0.15, -0.1) is 0 Å². The van der Waals surface area contributed by atoms with Gasteiger partial charge in [0.15, 0.2) is 5.78 Å². The van der Waals surface area contributed by atoms with E-state index >= 15 is 0 Å². The van der Waals surface area contributed by atoms with E-state index in [0.717, 1.165) is 24.2 Å². The second-order valence-corrected chi connectivity index (χ2v) is 5.13. The highest BCUT2D eigenvalue weighted by Gasteiger charge is 2.28. The summed E-state index contributed by atoms with van der Waals surface area (Å²) >= 11 is 0. The standard InChI is InChI=1S/C15H15NO4/c17-13(7-16-14(18)8-20-9-15(16)19)12-5-4-10-2-1-3-11(10)6-12/h4-6H,1-3,7-9H2. The van der Waals surface area contributed by atoms with Crippen LogP contribution in [-0.4, -0.2) is 42.3 Å². The van der Waals surface area contributed by atoms with Crippen LogP contribution in [0.1, 0.15) is 27.9 Å². The predicted molar refractivity (Wildman–Crippen MR) is 70.3 cm³/mol. The smallest absolute Gasteiger partial charge is 0.255 e. The van der Waals surface area contributed by atoms with Crippen molar-refractivity contribution < 1.29 is 19.1 Å². The Morgan fingerprint density at radius 2 is 1.80 bits per heavy atom. The summed E-state index contributed by atoms with van der Waals surface area (Å²) in [6, 6.07) is 5.64. The zero-order valence-corrected chi connectivity index (χ0v) is 11.1. The molecule has 2 amide bonds. The summed E-state index contributed by atoms with van der Waals surface area (Å²) in [7, 11) is 0. The van der Waals surface area contributed by atoms with Crippen molar-refractivity contribution in [3.63, 3.8) is 0 Å². The Balaban J connectivity index is 1.76. The normalized spacial score (nSPS) is 18.3. The van der Waals surface area contributed by atoms with Gasteiger partial charge in [0, 0.05) is 5.56 Å². The largest absolute Gasteiger partial charge is 0.362 e. The lowest BCUT2D eigenvalue weighted by Gasteiger charge is -2.24. The minimum Gasteiger partial charge on any atom is -0.362 e. The molecule has 0 spiro atoms. The molecule has 5 heteroatoms. The zero-order chi connectivity index (χ0) is 14.1. The number of imide groups is 1. The molecule has 3 rings (SSSR count). The van der Waals surface area contributed by atoms with Gasteiger partial charge in [-0.1, -0.05) is 12.1 Å². The maximum atomic E-state index is 12.2. The molecule has 0 radical (unpaired) electrons. The third-order valence-corrected chi connectivity index (χ3v) is 3.78. The number of morpholine rings is 1. The highest BCUT2D eigenvalue weighted by Crippen LogP contribution is 2.23. The number of nitrogens with zero attached hydrogens (tertiary/aromatic N) is 1. The van der Waals surface area contributed by atoms with Crippen LogP contribution in [0, 0.1) is 0 Å². The first-order valence-corrected chi connectivity index (χ1v) is 6.71. The maximum Gasteiger partial charge on any atom is 0.255 e. The topological polar surface area (TPSA) is 63.7 Å². The van der Waals surface area contributed by atoms with Crippen molar-refractivity contribution in [2.75, 3.05) is 19.8 Å². The van der Waals surface area contributed by atoms with Crippen LogP contribution in [0.25, 0.3) is 0 Å². The van der Waals surface area contributed by atoms with E-state index in [1.807, 2.05) is 12.1 Å². The van der Waals surface area contributed by atoms with Gasteiger partial charge in [-0.2, -0.15) is 0 Å². The fourth-order valence-corrected chi connectivity index (χ4v) is 2.68. The van der Waals surface area contributed by atoms with Crippen LogP contribution in [0.2, 0.25) is 0 Å². The highest BCUT2D eigenvalue weighted by molar-refractivity contribution is 6.06. The van der Waals surface area contributed by atoms with Crippen LogP contribution in [-0.2, 0) is 27.2 Å². The molecule has 1 heterocycles. The van der Waals surface area contributed by atoms with Gasteiger partial charge in [-0.25, -0.2) is 0 Å². The van der Waals surface area contributed by atoms with Gasteiger partial charge in [0.1, 0.15) is 13.2 Å². The number of hydrogen-bond acceptors (Lipinski definition) is 4. The summed E-state index contributed by atoms with van der Waals surface area (Å²) < 4.78 is 4.82. The molecule has 0 saturated carbocycles. The Morgan fingerprint density at radius 3 is 2.55 bits per heavy atom. The molecule has 5 nitrogen and oxygen atoms in total. The van der Waals surface area contributed by atoms with Crippen molar-refractivity contribution in [1.29, 1.82) is 0 Å². The molecule has 1 fully saturated rings. The molecule has 1 aromatic carbocycles. The van der Waals surface area contributed by atoms with Crippen molar-refractivity contribution in [3.8, 4) is 0 Å². The van der Waals surface area contributed by atoms with Crippen molar-refractivity contribution in [2.45, 2.75) is 19.3 Å². The number of carbonyl (C=O) groups is 3. The second-order valence-electron chi connectivity index (χ2n) is 5.13. The van der Waals surface area contributed by atoms with Gasteiger partial charge in [0.05, 0.1) is 6.54 Å². The lowest BCUT2D eigenvalue weighted by atomic mass is 10.0. The molecule has 104 valence electrons. The summed E-state index contributed by atoms with van der Waals surface area (Å²) in [4.78, 5) is 36.4. The number of hydrogen-bond donors (Lipinski definition) is 0. The highest BCUT2D eigenvalue weighted by atomic mass is 16.5. The molecule has 0 atom stereocenters. The molecule has 1 saturated heterocycles. The van der Waals surface area contributed by atoms with E-state index in [9.17, 15) is 14.4 Å². The van der Waals surface area contributed by atoms with Crippen LogP contribution in [0.3, 0.4) is 0 Å². The van der Waals surface area contributed by atoms with Crippen LogP contribution < -0.4 is 0 Å². The quantitative estimate of drug-likeness (QED) is 0.602. The number of ketones is 1. The Hall–Kier alpha value is -2.01. The number of rotatable bonds is 3. The fraction of sp³-hybridized carbons (Fsp3) is 0.400. The number of carbonyl (C=O) groups excluding carboxylic acids is 3. The van der Waals surface area contributed by atoms with E-state index in [0.29, 0.717) is 5.56 Å². The Kier molecular flexibility index (Phi) is 3.36. The van der Waals surface area contributed by atoms with E-state index in [1.54, 1.807) is 6.07 Å². The van der Waals surface area contributed by atoms with Gasteiger partial charge >= 0.3 is 0 Å². The first-order valence-electron chi connectivity index (χ1n) is 6.71. The first-order chi connectivity index (χ1) is 9.65. The van der Waals surface area contributed by atoms with E-state index in [-0.39, 0.29) is 25.5 Å². The molecule has 1 aromatic rings. The summed E-state index contributed by atoms with van der Waals surface area (Å²) in [5.41, 5.74) is 3.06. The van der Waals surface area contributed by atoms with Gasteiger partial charge < -0.3 is 4.74 Å². The van der Waals surface area contributed by atoms with Crippen molar-refractivity contribution in [1.82, 2.24) is 4.90 Å². The van der Waals surface area contributed by atoms with E-state index < -0.39 is 11.8 Å². The average Bonchev–Trinajstić information content (AvgIpc) is 2.90. The van der Waals surface area contributed by atoms with Crippen LogP contribution in [0.5, 0.6) is 0 Å². The predicted octanol–water partition coefficient (Wildman–Crippen LogP) is 0.743. The van der Waals surface area contributed by atoms with E-state index in [2.05, 4.69) is 0 Å². The van der Waals surface area contributed by atoms with E-state index in [1.165, 1.54) is 11.1 Å². The third-order valence-electron chi connectivity index (χ3n) is 3.78. The van der Waals surface area contributed by atoms with Gasteiger partial charge in [0.25, 0.3) is 11.8 Å². The van der Waals surface area contributed by atoms with Crippen LogP contribution >= 0.6 is 0 Å². The van der Waals surface area contributed by atoms with Gasteiger partial charge in [-0.05, 0) is 36.5 Å². The third kappa shape index (κ3) is 2.36. The van der Waals surface area contributed by atoms with Crippen LogP contribution in [0.15, 0.2) is 18.2 Å². The van der Waals surface area contributed by atoms with E-state index in [4.69, 9.17) is 4.74 Å². The summed E-state index contributed by atoms with van der Waals surface area (Å²) in [6.07, 6.45) is 3.17. The molecule has 0 N–H and O–H groups in total. The lowest BCUT2D eigenvalue weighted by Crippen LogP contribution is -2.48. The van der Waals surface area contributed by atoms with Crippen molar-refractivity contribution >= 4 is 17.6 Å². The fourth-order valence-electron chi connectivity index (χ4n) is 2.68. The molecule has 1 aliphatic carbocycles. The molecule has 1 aliphatic heterocycles. The SMILES string of the molecule is O=C(CN1C(=O)COCC1=O)c1ccc2c(c1)CCC2. The second kappa shape index (κ2) is 5.17. The molecular formula is C15H15NO4. The average molecular weight is 273 g/mol. The number of Topliss-reactive ketones (excluding diaryl/α,β-unsaturated/α-hetero) is 1. The number of benzene rings is 1. The molecular weight excluding hydrogens is 258 g/mol. The monoisotopic (exact) mass is 273 g/mol. The van der Waals surface area contributed by atoms with Gasteiger partial charge in [0.2, 0.25) is 0 Å². The summed E-state index contributed by atoms with van der Waals surface area (Å²) in [5.74, 6) is -1.10. The molecule has 0 aromatic heterocycles. The Bertz CT molecular complexity index is 578. The van der Waals surface area contributed by atoms with Gasteiger partial charge in [-0.3, -0.25) is 19.3 Å². The van der Waals surface area contributed by atoms with Crippen molar-refractivity contribution in [2.24, 2.45) is 0 Å². The number of fused-ring (bicyclic) bond motifs is 1. The molecule has 0 bridgehead atoms. The molecule has 2 aliphatic rings.